The second-order valence-electron chi connectivity index (χ2n) is 8.88. The molecule has 200 valence electrons. The van der Waals surface area contributed by atoms with Crippen LogP contribution >= 0.6 is 0 Å². The van der Waals surface area contributed by atoms with Crippen molar-refractivity contribution in [2.24, 2.45) is 5.16 Å². The fraction of sp³-hybridized carbons (Fsp3) is 0.480. The number of benzene rings is 1. The SMILES string of the molecule is CCCc1c(/C=N/O)c(C)c2c(=O)[nH]c(-c3cc(S(=O)N4CCN(CCO)CC4)ccc3OCC)nn12. The van der Waals surface area contributed by atoms with Crippen molar-refractivity contribution in [2.45, 2.75) is 38.5 Å². The highest BCUT2D eigenvalue weighted by molar-refractivity contribution is 7.82. The van der Waals surface area contributed by atoms with Crippen molar-refractivity contribution in [1.29, 1.82) is 0 Å². The Morgan fingerprint density at radius 3 is 2.65 bits per heavy atom. The van der Waals surface area contributed by atoms with Crippen LogP contribution in [-0.4, -0.2) is 90.5 Å². The van der Waals surface area contributed by atoms with E-state index in [0.29, 0.717) is 71.3 Å². The van der Waals surface area contributed by atoms with Crippen LogP contribution in [0, 0.1) is 6.92 Å². The summed E-state index contributed by atoms with van der Waals surface area (Å²) in [4.78, 5) is 18.8. The number of H-pyrrole nitrogens is 1. The quantitative estimate of drug-likeness (QED) is 0.207. The Morgan fingerprint density at radius 2 is 2.00 bits per heavy atom. The fourth-order valence-electron chi connectivity index (χ4n) is 4.74. The largest absolute Gasteiger partial charge is 0.493 e. The molecule has 0 aliphatic carbocycles. The van der Waals surface area contributed by atoms with Crippen molar-refractivity contribution in [2.75, 3.05) is 45.9 Å². The Bertz CT molecular complexity index is 1360. The number of rotatable bonds is 10. The third kappa shape index (κ3) is 5.47. The van der Waals surface area contributed by atoms with Gasteiger partial charge in [0.05, 0.1) is 35.6 Å². The van der Waals surface area contributed by atoms with Gasteiger partial charge in [-0.3, -0.25) is 9.69 Å². The van der Waals surface area contributed by atoms with Gasteiger partial charge in [-0.25, -0.2) is 13.0 Å². The van der Waals surface area contributed by atoms with Crippen LogP contribution < -0.4 is 10.3 Å². The lowest BCUT2D eigenvalue weighted by Gasteiger charge is -2.33. The standard InChI is InChI=1S/C25H34N6O5S/c1-4-6-21-20(16-26-34)17(3)23-25(33)27-24(28-31(21)23)19-15-18(7-8-22(19)36-5-2)37(35)30-11-9-29(10-12-30)13-14-32/h7-8,15-16,32,34H,4-6,9-14H2,1-3H3,(H,27,28,33)/b26-16+. The Morgan fingerprint density at radius 1 is 1.24 bits per heavy atom. The summed E-state index contributed by atoms with van der Waals surface area (Å²) in [6.45, 7) is 9.53. The van der Waals surface area contributed by atoms with E-state index in [0.717, 1.165) is 25.2 Å². The van der Waals surface area contributed by atoms with Gasteiger partial charge in [-0.1, -0.05) is 18.5 Å². The maximum atomic E-state index is 13.4. The molecule has 1 aromatic carbocycles. The normalized spacial score (nSPS) is 16.1. The van der Waals surface area contributed by atoms with Gasteiger partial charge < -0.3 is 20.0 Å². The van der Waals surface area contributed by atoms with Gasteiger partial charge >= 0.3 is 0 Å². The second-order valence-corrected chi connectivity index (χ2v) is 10.4. The third-order valence-electron chi connectivity index (χ3n) is 6.55. The molecule has 11 nitrogen and oxygen atoms in total. The van der Waals surface area contributed by atoms with Gasteiger partial charge in [0.2, 0.25) is 0 Å². The van der Waals surface area contributed by atoms with E-state index in [2.05, 4.69) is 15.0 Å². The first-order valence-corrected chi connectivity index (χ1v) is 13.6. The van der Waals surface area contributed by atoms with Crippen LogP contribution in [0.25, 0.3) is 16.9 Å². The number of aliphatic hydroxyl groups is 1. The van der Waals surface area contributed by atoms with E-state index in [4.69, 9.17) is 9.84 Å². The monoisotopic (exact) mass is 530 g/mol. The number of aliphatic hydroxyl groups excluding tert-OH is 1. The van der Waals surface area contributed by atoms with E-state index in [-0.39, 0.29) is 12.2 Å². The number of hydrogen-bond acceptors (Lipinski definition) is 8. The second kappa shape index (κ2) is 12.0. The molecule has 0 bridgehead atoms. The van der Waals surface area contributed by atoms with E-state index in [1.54, 1.807) is 29.6 Å². The third-order valence-corrected chi connectivity index (χ3v) is 8.04. The van der Waals surface area contributed by atoms with Crippen LogP contribution in [-0.2, 0) is 17.4 Å². The van der Waals surface area contributed by atoms with Crippen molar-refractivity contribution in [3.8, 4) is 17.1 Å². The minimum Gasteiger partial charge on any atom is -0.493 e. The molecular weight excluding hydrogens is 496 g/mol. The molecule has 1 saturated heterocycles. The predicted octanol–water partition coefficient (Wildman–Crippen LogP) is 1.79. The van der Waals surface area contributed by atoms with Crippen molar-refractivity contribution >= 4 is 22.7 Å². The fourth-order valence-corrected chi connectivity index (χ4v) is 5.94. The van der Waals surface area contributed by atoms with Crippen LogP contribution in [0.5, 0.6) is 5.75 Å². The first kappa shape index (κ1) is 27.0. The number of fused-ring (bicyclic) bond motifs is 1. The lowest BCUT2D eigenvalue weighted by molar-refractivity contribution is 0.154. The zero-order chi connectivity index (χ0) is 26.5. The van der Waals surface area contributed by atoms with Crippen molar-refractivity contribution in [3.05, 3.63) is 45.4 Å². The molecule has 0 amide bonds. The molecule has 1 aliphatic rings. The van der Waals surface area contributed by atoms with Crippen molar-refractivity contribution in [1.82, 2.24) is 23.8 Å². The first-order valence-electron chi connectivity index (χ1n) is 12.5. The topological polar surface area (TPSA) is 136 Å². The highest BCUT2D eigenvalue weighted by atomic mass is 32.2. The number of ether oxygens (including phenoxy) is 1. The van der Waals surface area contributed by atoms with E-state index in [9.17, 15) is 19.3 Å². The Labute approximate surface area is 217 Å². The van der Waals surface area contributed by atoms with E-state index >= 15 is 0 Å². The van der Waals surface area contributed by atoms with Gasteiger partial charge in [-0.15, -0.1) is 5.10 Å². The smallest absolute Gasteiger partial charge is 0.275 e. The molecule has 37 heavy (non-hydrogen) atoms. The molecule has 3 aromatic rings. The Balaban J connectivity index is 1.78. The number of piperazine rings is 1. The molecule has 1 aliphatic heterocycles. The van der Waals surface area contributed by atoms with Gasteiger partial charge in [0.1, 0.15) is 22.3 Å². The molecule has 3 N–H and O–H groups in total. The predicted molar refractivity (Wildman–Crippen MR) is 142 cm³/mol. The molecule has 0 radical (unpaired) electrons. The van der Waals surface area contributed by atoms with Gasteiger partial charge in [-0.05, 0) is 44.0 Å². The summed E-state index contributed by atoms with van der Waals surface area (Å²) in [6, 6.07) is 5.30. The summed E-state index contributed by atoms with van der Waals surface area (Å²) >= 11 is 0. The maximum Gasteiger partial charge on any atom is 0.275 e. The summed E-state index contributed by atoms with van der Waals surface area (Å²) < 4.78 is 22.8. The summed E-state index contributed by atoms with van der Waals surface area (Å²) in [5, 5.41) is 26.3. The number of oxime groups is 1. The molecule has 2 aromatic heterocycles. The highest BCUT2D eigenvalue weighted by Crippen LogP contribution is 2.31. The van der Waals surface area contributed by atoms with E-state index in [1.807, 2.05) is 18.2 Å². The molecule has 0 spiro atoms. The van der Waals surface area contributed by atoms with Gasteiger partial charge in [0.15, 0.2) is 5.82 Å². The number of hydrogen-bond donors (Lipinski definition) is 3. The highest BCUT2D eigenvalue weighted by Gasteiger charge is 2.24. The number of β-amino-alcohol motifs (C(OH)–C–C–N with tert-alkyl or cyclic N) is 1. The average molecular weight is 531 g/mol. The van der Waals surface area contributed by atoms with Gasteiger partial charge in [0.25, 0.3) is 5.56 Å². The Hall–Kier alpha value is -3.06. The molecule has 1 fully saturated rings. The number of nitrogens with zero attached hydrogens (tertiary/aromatic N) is 5. The van der Waals surface area contributed by atoms with Crippen LogP contribution in [0.4, 0.5) is 0 Å². The van der Waals surface area contributed by atoms with Crippen LogP contribution in [0.15, 0.2) is 33.0 Å². The first-order chi connectivity index (χ1) is 17.9. The van der Waals surface area contributed by atoms with Gasteiger partial charge in [-0.2, -0.15) is 0 Å². The van der Waals surface area contributed by atoms with E-state index in [1.165, 1.54) is 6.21 Å². The number of aryl methyl sites for hydroxylation is 2. The van der Waals surface area contributed by atoms with Crippen LogP contribution in [0.1, 0.15) is 37.1 Å². The summed E-state index contributed by atoms with van der Waals surface area (Å²) in [7, 11) is -1.41. The van der Waals surface area contributed by atoms with Crippen LogP contribution in [0.3, 0.4) is 0 Å². The molecular formula is C25H34N6O5S. The number of nitrogens with one attached hydrogen (secondary N) is 1. The zero-order valence-electron chi connectivity index (χ0n) is 21.4. The minimum atomic E-state index is -1.41. The lowest BCUT2D eigenvalue weighted by Crippen LogP contribution is -2.47. The molecule has 12 heteroatoms. The van der Waals surface area contributed by atoms with Crippen molar-refractivity contribution in [3.63, 3.8) is 0 Å². The molecule has 4 rings (SSSR count). The summed E-state index contributed by atoms with van der Waals surface area (Å²) in [5.41, 5.74) is 2.73. The average Bonchev–Trinajstić information content (AvgIpc) is 3.16. The maximum absolute atomic E-state index is 13.4. The van der Waals surface area contributed by atoms with Crippen LogP contribution in [0.2, 0.25) is 0 Å². The molecule has 0 saturated carbocycles. The van der Waals surface area contributed by atoms with Crippen molar-refractivity contribution < 1.29 is 19.3 Å². The van der Waals surface area contributed by atoms with Gasteiger partial charge in [0, 0.05) is 38.3 Å². The molecule has 3 heterocycles. The minimum absolute atomic E-state index is 0.107. The number of aromatic nitrogens is 3. The summed E-state index contributed by atoms with van der Waals surface area (Å²) in [5.74, 6) is 0.823. The number of aromatic amines is 1. The van der Waals surface area contributed by atoms with E-state index < -0.39 is 11.0 Å². The summed E-state index contributed by atoms with van der Waals surface area (Å²) in [6.07, 6.45) is 2.78. The zero-order valence-corrected chi connectivity index (χ0v) is 22.3. The Kier molecular flexibility index (Phi) is 8.75. The molecule has 1 unspecified atom stereocenters. The lowest BCUT2D eigenvalue weighted by atomic mass is 10.1. The molecule has 1 atom stereocenters.